The maximum Gasteiger partial charge on any atom is 0.250 e. The zero-order chi connectivity index (χ0) is 18.8. The van der Waals surface area contributed by atoms with E-state index in [2.05, 4.69) is 20.4 Å². The minimum Gasteiger partial charge on any atom is -0.366 e. The van der Waals surface area contributed by atoms with Crippen LogP contribution in [0.3, 0.4) is 0 Å². The highest BCUT2D eigenvalue weighted by molar-refractivity contribution is 6.03. The summed E-state index contributed by atoms with van der Waals surface area (Å²) in [7, 11) is 0. The number of amides is 2. The van der Waals surface area contributed by atoms with Gasteiger partial charge in [-0.25, -0.2) is 14.6 Å². The van der Waals surface area contributed by atoms with Gasteiger partial charge in [-0.1, -0.05) is 12.1 Å². The van der Waals surface area contributed by atoms with E-state index in [9.17, 15) is 9.59 Å². The van der Waals surface area contributed by atoms with E-state index in [-0.39, 0.29) is 11.8 Å². The lowest BCUT2D eigenvalue weighted by Gasteiger charge is -2.39. The average Bonchev–Trinajstić information content (AvgIpc) is 3.16. The highest BCUT2D eigenvalue weighted by Gasteiger charge is 2.34. The molecule has 1 saturated heterocycles. The summed E-state index contributed by atoms with van der Waals surface area (Å²) in [4.78, 5) is 34.4. The molecule has 2 amide bonds. The molecule has 136 valence electrons. The summed E-state index contributed by atoms with van der Waals surface area (Å²) in [5.41, 5.74) is 6.07. The highest BCUT2D eigenvalue weighted by atomic mass is 16.2. The Kier molecular flexibility index (Phi) is 4.25. The van der Waals surface area contributed by atoms with Gasteiger partial charge in [-0.05, 0) is 18.2 Å². The van der Waals surface area contributed by atoms with Crippen LogP contribution in [0.15, 0.2) is 55.1 Å². The fourth-order valence-electron chi connectivity index (χ4n) is 2.91. The molecule has 0 aliphatic carbocycles. The molecule has 3 aromatic rings. The van der Waals surface area contributed by atoms with Gasteiger partial charge < -0.3 is 16.0 Å². The van der Waals surface area contributed by atoms with E-state index < -0.39 is 5.91 Å². The Balaban J connectivity index is 1.41. The number of primary amides is 1. The van der Waals surface area contributed by atoms with Crippen molar-refractivity contribution in [3.8, 4) is 5.82 Å². The van der Waals surface area contributed by atoms with Crippen LogP contribution in [0.1, 0.15) is 10.4 Å². The topological polar surface area (TPSA) is 119 Å². The molecule has 2 aromatic heterocycles. The Morgan fingerprint density at radius 1 is 1.11 bits per heavy atom. The standard InChI is InChI=1S/C18H17N7O2/c19-17(26)13-4-1-2-5-14(13)23-18(27)12-9-24(10-12)15-8-16(21-11-20-15)25-7-3-6-22-25/h1-8,11-12H,9-10H2,(H2,19,26)(H,23,27). The SMILES string of the molecule is NC(=O)c1ccccc1NC(=O)C1CN(c2cc(-n3cccn3)ncn2)C1. The Morgan fingerprint density at radius 2 is 1.89 bits per heavy atom. The molecule has 27 heavy (non-hydrogen) atoms. The smallest absolute Gasteiger partial charge is 0.250 e. The normalized spacial score (nSPS) is 13.9. The number of hydrogen-bond donors (Lipinski definition) is 2. The number of carbonyl (C=O) groups excluding carboxylic acids is 2. The predicted molar refractivity (Wildman–Crippen MR) is 98.4 cm³/mol. The van der Waals surface area contributed by atoms with Crippen LogP contribution in [0.5, 0.6) is 0 Å². The molecule has 1 aliphatic heterocycles. The van der Waals surface area contributed by atoms with Crippen LogP contribution in [-0.4, -0.2) is 44.7 Å². The van der Waals surface area contributed by atoms with Gasteiger partial charge in [0.2, 0.25) is 5.91 Å². The molecule has 0 unspecified atom stereocenters. The van der Waals surface area contributed by atoms with E-state index in [1.807, 2.05) is 17.0 Å². The van der Waals surface area contributed by atoms with E-state index in [0.717, 1.165) is 5.82 Å². The number of nitrogens with two attached hydrogens (primary N) is 1. The molecule has 1 fully saturated rings. The first-order chi connectivity index (χ1) is 13.1. The molecule has 1 aliphatic rings. The number of nitrogens with zero attached hydrogens (tertiary/aromatic N) is 5. The monoisotopic (exact) mass is 363 g/mol. The second-order valence-electron chi connectivity index (χ2n) is 6.19. The van der Waals surface area contributed by atoms with Gasteiger partial charge in [-0.3, -0.25) is 9.59 Å². The number of anilines is 2. The Bertz CT molecular complexity index is 981. The van der Waals surface area contributed by atoms with E-state index in [1.165, 1.54) is 6.33 Å². The summed E-state index contributed by atoms with van der Waals surface area (Å²) in [5, 5.41) is 6.94. The third-order valence-corrected chi connectivity index (χ3v) is 4.40. The van der Waals surface area contributed by atoms with Gasteiger partial charge in [0.05, 0.1) is 17.2 Å². The zero-order valence-corrected chi connectivity index (χ0v) is 14.3. The van der Waals surface area contributed by atoms with Crippen molar-refractivity contribution in [1.29, 1.82) is 0 Å². The zero-order valence-electron chi connectivity index (χ0n) is 14.3. The average molecular weight is 363 g/mol. The molecular formula is C18H17N7O2. The number of nitrogens with one attached hydrogen (secondary N) is 1. The molecule has 0 spiro atoms. The van der Waals surface area contributed by atoms with Crippen LogP contribution in [-0.2, 0) is 4.79 Å². The maximum absolute atomic E-state index is 12.5. The molecule has 0 bridgehead atoms. The molecule has 3 heterocycles. The van der Waals surface area contributed by atoms with Crippen molar-refractivity contribution in [1.82, 2.24) is 19.7 Å². The van der Waals surface area contributed by atoms with Gasteiger partial charge >= 0.3 is 0 Å². The largest absolute Gasteiger partial charge is 0.366 e. The van der Waals surface area contributed by atoms with Crippen molar-refractivity contribution in [2.75, 3.05) is 23.3 Å². The number of rotatable bonds is 5. The number of benzene rings is 1. The summed E-state index contributed by atoms with van der Waals surface area (Å²) in [6.07, 6.45) is 4.95. The fourth-order valence-corrected chi connectivity index (χ4v) is 2.91. The van der Waals surface area contributed by atoms with Crippen molar-refractivity contribution in [2.45, 2.75) is 0 Å². The van der Waals surface area contributed by atoms with Crippen molar-refractivity contribution in [3.05, 3.63) is 60.7 Å². The van der Waals surface area contributed by atoms with Crippen LogP contribution in [0, 0.1) is 5.92 Å². The number of aromatic nitrogens is 4. The van der Waals surface area contributed by atoms with Gasteiger partial charge in [-0.15, -0.1) is 0 Å². The molecule has 4 rings (SSSR count). The summed E-state index contributed by atoms with van der Waals surface area (Å²) >= 11 is 0. The fraction of sp³-hybridized carbons (Fsp3) is 0.167. The molecule has 3 N–H and O–H groups in total. The number of para-hydroxylation sites is 1. The molecule has 9 nitrogen and oxygen atoms in total. The lowest BCUT2D eigenvalue weighted by Crippen LogP contribution is -2.52. The van der Waals surface area contributed by atoms with Crippen LogP contribution in [0.4, 0.5) is 11.5 Å². The van der Waals surface area contributed by atoms with E-state index >= 15 is 0 Å². The number of carbonyl (C=O) groups is 2. The van der Waals surface area contributed by atoms with Crippen LogP contribution >= 0.6 is 0 Å². The van der Waals surface area contributed by atoms with Crippen LogP contribution < -0.4 is 16.0 Å². The Hall–Kier alpha value is -3.75. The van der Waals surface area contributed by atoms with E-state index in [4.69, 9.17) is 5.73 Å². The second kappa shape index (κ2) is 6.87. The second-order valence-corrected chi connectivity index (χ2v) is 6.19. The summed E-state index contributed by atoms with van der Waals surface area (Å²) in [6.45, 7) is 1.06. The third kappa shape index (κ3) is 3.34. The maximum atomic E-state index is 12.5. The Morgan fingerprint density at radius 3 is 2.63 bits per heavy atom. The number of hydrogen-bond acceptors (Lipinski definition) is 6. The molecule has 0 atom stereocenters. The lowest BCUT2D eigenvalue weighted by molar-refractivity contribution is -0.120. The Labute approximate surface area is 154 Å². The van der Waals surface area contributed by atoms with Crippen molar-refractivity contribution < 1.29 is 9.59 Å². The first-order valence-electron chi connectivity index (χ1n) is 8.38. The van der Waals surface area contributed by atoms with Crippen LogP contribution in [0.25, 0.3) is 5.82 Å². The lowest BCUT2D eigenvalue weighted by atomic mass is 9.98. The van der Waals surface area contributed by atoms with E-state index in [1.54, 1.807) is 41.3 Å². The minimum atomic E-state index is -0.576. The summed E-state index contributed by atoms with van der Waals surface area (Å²) < 4.78 is 1.65. The van der Waals surface area contributed by atoms with E-state index in [0.29, 0.717) is 30.2 Å². The molecule has 0 saturated carbocycles. The quantitative estimate of drug-likeness (QED) is 0.693. The molecule has 9 heteroatoms. The first-order valence-corrected chi connectivity index (χ1v) is 8.38. The van der Waals surface area contributed by atoms with Crippen molar-refractivity contribution in [2.24, 2.45) is 11.7 Å². The molecule has 0 radical (unpaired) electrons. The van der Waals surface area contributed by atoms with Gasteiger partial charge in [0.15, 0.2) is 5.82 Å². The third-order valence-electron chi connectivity index (χ3n) is 4.40. The molecule has 1 aromatic carbocycles. The highest BCUT2D eigenvalue weighted by Crippen LogP contribution is 2.25. The van der Waals surface area contributed by atoms with Crippen molar-refractivity contribution in [3.63, 3.8) is 0 Å². The minimum absolute atomic E-state index is 0.152. The van der Waals surface area contributed by atoms with Gasteiger partial charge in [-0.2, -0.15) is 5.10 Å². The summed E-state index contributed by atoms with van der Waals surface area (Å²) in [5.74, 6) is 0.467. The van der Waals surface area contributed by atoms with Gasteiger partial charge in [0.25, 0.3) is 5.91 Å². The summed E-state index contributed by atoms with van der Waals surface area (Å²) in [6, 6.07) is 10.3. The van der Waals surface area contributed by atoms with Gasteiger partial charge in [0.1, 0.15) is 12.1 Å². The first kappa shape index (κ1) is 16.7. The van der Waals surface area contributed by atoms with Gasteiger partial charge in [0, 0.05) is 31.5 Å². The molecular weight excluding hydrogens is 346 g/mol. The van der Waals surface area contributed by atoms with Crippen LogP contribution in [0.2, 0.25) is 0 Å². The predicted octanol–water partition coefficient (Wildman–Crippen LogP) is 0.836. The van der Waals surface area contributed by atoms with Crippen molar-refractivity contribution >= 4 is 23.3 Å².